The Balaban J connectivity index is 2.87. The molecule has 1 atom stereocenters. The van der Waals surface area contributed by atoms with Crippen molar-refractivity contribution in [1.82, 2.24) is 9.78 Å². The van der Waals surface area contributed by atoms with E-state index >= 15 is 0 Å². The van der Waals surface area contributed by atoms with Gasteiger partial charge in [0.05, 0.1) is 24.6 Å². The third-order valence-electron chi connectivity index (χ3n) is 3.07. The molecule has 0 saturated carbocycles. The monoisotopic (exact) mass is 289 g/mol. The van der Waals surface area contributed by atoms with Gasteiger partial charge in [0.15, 0.2) is 9.84 Å². The Morgan fingerprint density at radius 1 is 1.42 bits per heavy atom. The minimum absolute atomic E-state index is 0.00310. The molecule has 0 bridgehead atoms. The van der Waals surface area contributed by atoms with Crippen molar-refractivity contribution in [2.75, 3.05) is 23.4 Å². The van der Waals surface area contributed by atoms with Crippen molar-refractivity contribution in [2.45, 2.75) is 40.3 Å². The van der Waals surface area contributed by atoms with Crippen molar-refractivity contribution in [3.05, 3.63) is 11.3 Å². The number of rotatable bonds is 7. The molecule has 7 heteroatoms. The summed E-state index contributed by atoms with van der Waals surface area (Å²) in [5.74, 6) is 1.02. The van der Waals surface area contributed by atoms with Gasteiger partial charge in [-0.15, -0.1) is 0 Å². The molecule has 1 heterocycles. The number of nitrogens with one attached hydrogen (secondary N) is 1. The quantitative estimate of drug-likeness (QED) is 0.773. The van der Waals surface area contributed by atoms with Crippen LogP contribution >= 0.6 is 0 Å². The molecule has 6 nitrogen and oxygen atoms in total. The van der Waals surface area contributed by atoms with Crippen LogP contribution in [0.5, 0.6) is 0 Å². The van der Waals surface area contributed by atoms with Gasteiger partial charge in [-0.3, -0.25) is 0 Å². The fourth-order valence-corrected chi connectivity index (χ4v) is 2.96. The van der Waals surface area contributed by atoms with Crippen LogP contribution in [0, 0.1) is 13.8 Å². The number of anilines is 1. The van der Waals surface area contributed by atoms with Crippen LogP contribution in [-0.4, -0.2) is 47.5 Å². The van der Waals surface area contributed by atoms with Gasteiger partial charge in [0.25, 0.3) is 0 Å². The largest absolute Gasteiger partial charge is 0.394 e. The lowest BCUT2D eigenvalue weighted by atomic mass is 10.2. The second kappa shape index (κ2) is 6.38. The van der Waals surface area contributed by atoms with E-state index in [2.05, 4.69) is 10.4 Å². The molecule has 0 aliphatic heterocycles. The average molecular weight is 289 g/mol. The predicted octanol–water partition coefficient (Wildman–Crippen LogP) is 0.727. The summed E-state index contributed by atoms with van der Waals surface area (Å²) in [5.41, 5.74) is 1.86. The Morgan fingerprint density at radius 2 is 2.05 bits per heavy atom. The van der Waals surface area contributed by atoms with E-state index in [0.29, 0.717) is 6.54 Å². The van der Waals surface area contributed by atoms with Crippen molar-refractivity contribution in [1.29, 1.82) is 0 Å². The van der Waals surface area contributed by atoms with E-state index < -0.39 is 9.84 Å². The smallest absolute Gasteiger partial charge is 0.152 e. The number of aromatic nitrogens is 2. The average Bonchev–Trinajstić information content (AvgIpc) is 2.57. The third-order valence-corrected chi connectivity index (χ3v) is 4.95. The molecule has 2 N–H and O–H groups in total. The zero-order valence-electron chi connectivity index (χ0n) is 12.0. The highest BCUT2D eigenvalue weighted by atomic mass is 32.2. The summed E-state index contributed by atoms with van der Waals surface area (Å²) in [6.45, 7) is 7.69. The van der Waals surface area contributed by atoms with Crippen LogP contribution in [0.1, 0.15) is 25.1 Å². The van der Waals surface area contributed by atoms with E-state index in [4.69, 9.17) is 5.11 Å². The first-order valence-electron chi connectivity index (χ1n) is 6.42. The van der Waals surface area contributed by atoms with Gasteiger partial charge in [-0.25, -0.2) is 13.1 Å². The van der Waals surface area contributed by atoms with E-state index in [1.165, 1.54) is 0 Å². The van der Waals surface area contributed by atoms with Crippen LogP contribution in [-0.2, 0) is 16.4 Å². The molecule has 0 aliphatic rings. The summed E-state index contributed by atoms with van der Waals surface area (Å²) in [7, 11) is -3.01. The van der Waals surface area contributed by atoms with Crippen LogP contribution in [0.4, 0.5) is 5.82 Å². The molecule has 110 valence electrons. The number of hydrogen-bond donors (Lipinski definition) is 2. The van der Waals surface area contributed by atoms with Gasteiger partial charge in [-0.2, -0.15) is 5.10 Å². The maximum absolute atomic E-state index is 11.6. The second-order valence-electron chi connectivity index (χ2n) is 4.75. The van der Waals surface area contributed by atoms with E-state index in [1.807, 2.05) is 20.8 Å². The van der Waals surface area contributed by atoms with Gasteiger partial charge < -0.3 is 10.4 Å². The van der Waals surface area contributed by atoms with Gasteiger partial charge in [0, 0.05) is 17.4 Å². The predicted molar refractivity (Wildman–Crippen MR) is 76.2 cm³/mol. The maximum Gasteiger partial charge on any atom is 0.152 e. The lowest BCUT2D eigenvalue weighted by Gasteiger charge is -2.17. The Hall–Kier alpha value is -1.08. The minimum atomic E-state index is -3.01. The van der Waals surface area contributed by atoms with E-state index in [-0.39, 0.29) is 24.2 Å². The Kier molecular flexibility index (Phi) is 5.37. The maximum atomic E-state index is 11.6. The number of aliphatic hydroxyl groups is 1. The molecule has 0 amide bonds. The fraction of sp³-hybridized carbons (Fsp3) is 0.750. The van der Waals surface area contributed by atoms with Crippen LogP contribution in [0.25, 0.3) is 0 Å². The van der Waals surface area contributed by atoms with Gasteiger partial charge in [-0.05, 0) is 20.8 Å². The van der Waals surface area contributed by atoms with Gasteiger partial charge in [-0.1, -0.05) is 6.92 Å². The van der Waals surface area contributed by atoms with Gasteiger partial charge in [0.1, 0.15) is 5.82 Å². The summed E-state index contributed by atoms with van der Waals surface area (Å²) in [6, 6.07) is -0.197. The summed E-state index contributed by atoms with van der Waals surface area (Å²) in [6.07, 6.45) is 0. The second-order valence-corrected chi connectivity index (χ2v) is 7.15. The zero-order valence-corrected chi connectivity index (χ0v) is 12.8. The first-order valence-corrected chi connectivity index (χ1v) is 8.24. The molecule has 0 aromatic carbocycles. The van der Waals surface area contributed by atoms with Gasteiger partial charge >= 0.3 is 0 Å². The standard InChI is InChI=1S/C12H23N3O3S/c1-5-19(17,18)8-9(2)13-12-10(3)11(4)14-15(12)6-7-16/h9,13,16H,5-8H2,1-4H3. The van der Waals surface area contributed by atoms with Crippen LogP contribution < -0.4 is 5.32 Å². The molecule has 0 saturated heterocycles. The third kappa shape index (κ3) is 4.21. The van der Waals surface area contributed by atoms with Crippen molar-refractivity contribution in [3.8, 4) is 0 Å². The Labute approximate surface area is 114 Å². The van der Waals surface area contributed by atoms with Crippen LogP contribution in [0.2, 0.25) is 0 Å². The minimum Gasteiger partial charge on any atom is -0.394 e. The molecular weight excluding hydrogens is 266 g/mol. The number of aliphatic hydroxyl groups excluding tert-OH is 1. The Morgan fingerprint density at radius 3 is 2.58 bits per heavy atom. The molecule has 0 radical (unpaired) electrons. The topological polar surface area (TPSA) is 84.2 Å². The number of sulfone groups is 1. The number of nitrogens with zero attached hydrogens (tertiary/aromatic N) is 2. The molecule has 1 unspecified atom stereocenters. The number of aryl methyl sites for hydroxylation is 1. The summed E-state index contributed by atoms with van der Waals surface area (Å²) in [5, 5.41) is 16.5. The molecular formula is C12H23N3O3S. The lowest BCUT2D eigenvalue weighted by Crippen LogP contribution is -2.28. The molecule has 0 spiro atoms. The fourth-order valence-electron chi connectivity index (χ4n) is 1.88. The normalized spacial score (nSPS) is 13.5. The number of hydrogen-bond acceptors (Lipinski definition) is 5. The molecule has 0 aliphatic carbocycles. The lowest BCUT2D eigenvalue weighted by molar-refractivity contribution is 0.270. The van der Waals surface area contributed by atoms with Crippen molar-refractivity contribution >= 4 is 15.7 Å². The SMILES string of the molecule is CCS(=O)(=O)CC(C)Nc1c(C)c(C)nn1CCO. The highest BCUT2D eigenvalue weighted by molar-refractivity contribution is 7.91. The van der Waals surface area contributed by atoms with E-state index in [9.17, 15) is 8.42 Å². The zero-order chi connectivity index (χ0) is 14.6. The molecule has 1 aromatic heterocycles. The summed E-state index contributed by atoms with van der Waals surface area (Å²) in [4.78, 5) is 0. The van der Waals surface area contributed by atoms with Crippen LogP contribution in [0.3, 0.4) is 0 Å². The van der Waals surface area contributed by atoms with E-state index in [0.717, 1.165) is 17.1 Å². The Bertz CT molecular complexity index is 523. The first kappa shape index (κ1) is 16.0. The van der Waals surface area contributed by atoms with Crippen molar-refractivity contribution in [2.24, 2.45) is 0 Å². The molecule has 1 aromatic rings. The van der Waals surface area contributed by atoms with Gasteiger partial charge in [0.2, 0.25) is 0 Å². The molecule has 1 rings (SSSR count). The molecule has 0 fully saturated rings. The molecule has 19 heavy (non-hydrogen) atoms. The van der Waals surface area contributed by atoms with E-state index in [1.54, 1.807) is 11.6 Å². The first-order chi connectivity index (χ1) is 8.80. The van der Waals surface area contributed by atoms with Crippen molar-refractivity contribution < 1.29 is 13.5 Å². The summed E-state index contributed by atoms with van der Waals surface area (Å²) >= 11 is 0. The highest BCUT2D eigenvalue weighted by Crippen LogP contribution is 2.19. The van der Waals surface area contributed by atoms with Crippen molar-refractivity contribution in [3.63, 3.8) is 0 Å². The summed E-state index contributed by atoms with van der Waals surface area (Å²) < 4.78 is 24.9. The highest BCUT2D eigenvalue weighted by Gasteiger charge is 2.17. The van der Waals surface area contributed by atoms with Crippen LogP contribution in [0.15, 0.2) is 0 Å².